The quantitative estimate of drug-likeness (QED) is 0.885. The molecular formula is C16H21N3. The number of rotatable bonds is 3. The highest BCUT2D eigenvalue weighted by molar-refractivity contribution is 5.31. The third kappa shape index (κ3) is 2.43. The molecule has 1 atom stereocenters. The van der Waals surface area contributed by atoms with E-state index in [0.29, 0.717) is 6.04 Å². The zero-order chi connectivity index (χ0) is 13.2. The van der Waals surface area contributed by atoms with Crippen molar-refractivity contribution < 1.29 is 0 Å². The van der Waals surface area contributed by atoms with Crippen molar-refractivity contribution >= 4 is 0 Å². The van der Waals surface area contributed by atoms with Gasteiger partial charge in [-0.25, -0.2) is 4.98 Å². The predicted molar refractivity (Wildman–Crippen MR) is 77.0 cm³/mol. The first kappa shape index (κ1) is 12.4. The Hall–Kier alpha value is -1.61. The number of benzene rings is 1. The second-order valence-corrected chi connectivity index (χ2v) is 5.35. The van der Waals surface area contributed by atoms with Gasteiger partial charge in [0.05, 0.1) is 11.7 Å². The monoisotopic (exact) mass is 255 g/mol. The van der Waals surface area contributed by atoms with Crippen LogP contribution in [-0.4, -0.2) is 9.97 Å². The number of nitrogens with one attached hydrogen (secondary N) is 2. The Kier molecular flexibility index (Phi) is 3.38. The third-order valence-corrected chi connectivity index (χ3v) is 3.90. The van der Waals surface area contributed by atoms with Gasteiger partial charge in [0, 0.05) is 12.2 Å². The van der Waals surface area contributed by atoms with Crippen LogP contribution in [0.2, 0.25) is 0 Å². The Morgan fingerprint density at radius 1 is 1.26 bits per heavy atom. The molecule has 0 saturated heterocycles. The van der Waals surface area contributed by atoms with Crippen molar-refractivity contribution in [2.75, 3.05) is 0 Å². The summed E-state index contributed by atoms with van der Waals surface area (Å²) in [6, 6.07) is 8.98. The minimum Gasteiger partial charge on any atom is -0.345 e. The molecule has 0 fully saturated rings. The van der Waals surface area contributed by atoms with Crippen LogP contribution in [0.15, 0.2) is 24.3 Å². The first-order valence-corrected chi connectivity index (χ1v) is 7.13. The molecule has 2 heterocycles. The molecule has 19 heavy (non-hydrogen) atoms. The molecular weight excluding hydrogens is 234 g/mol. The number of aromatic nitrogens is 2. The second kappa shape index (κ2) is 5.17. The fourth-order valence-corrected chi connectivity index (χ4v) is 2.81. The number of imidazole rings is 1. The molecule has 0 unspecified atom stereocenters. The summed E-state index contributed by atoms with van der Waals surface area (Å²) in [4.78, 5) is 8.23. The van der Waals surface area contributed by atoms with Gasteiger partial charge >= 0.3 is 0 Å². The van der Waals surface area contributed by atoms with Crippen LogP contribution in [0.3, 0.4) is 0 Å². The summed E-state index contributed by atoms with van der Waals surface area (Å²) in [5.41, 5.74) is 5.30. The van der Waals surface area contributed by atoms with Gasteiger partial charge in [0.25, 0.3) is 0 Å². The summed E-state index contributed by atoms with van der Waals surface area (Å²) in [5, 5.41) is 3.58. The van der Waals surface area contributed by atoms with Gasteiger partial charge < -0.3 is 10.3 Å². The Morgan fingerprint density at radius 2 is 2.05 bits per heavy atom. The van der Waals surface area contributed by atoms with Crippen molar-refractivity contribution in [3.8, 4) is 0 Å². The largest absolute Gasteiger partial charge is 0.345 e. The first-order chi connectivity index (χ1) is 9.28. The summed E-state index contributed by atoms with van der Waals surface area (Å²) in [6.45, 7) is 5.25. The van der Waals surface area contributed by atoms with Crippen LogP contribution in [0.4, 0.5) is 0 Å². The third-order valence-electron chi connectivity index (χ3n) is 3.90. The van der Waals surface area contributed by atoms with Crippen LogP contribution in [0.25, 0.3) is 0 Å². The molecule has 1 aromatic carbocycles. The lowest BCUT2D eigenvalue weighted by atomic mass is 9.95. The van der Waals surface area contributed by atoms with E-state index in [1.54, 1.807) is 0 Å². The Bertz CT molecular complexity index is 571. The average molecular weight is 255 g/mol. The molecule has 0 radical (unpaired) electrons. The number of aryl methyl sites for hydroxylation is 2. The Morgan fingerprint density at radius 3 is 2.84 bits per heavy atom. The van der Waals surface area contributed by atoms with Crippen LogP contribution in [-0.2, 0) is 19.4 Å². The van der Waals surface area contributed by atoms with E-state index in [4.69, 9.17) is 4.98 Å². The van der Waals surface area contributed by atoms with E-state index in [2.05, 4.69) is 48.4 Å². The topological polar surface area (TPSA) is 40.7 Å². The Labute approximate surface area is 114 Å². The summed E-state index contributed by atoms with van der Waals surface area (Å²) in [6.07, 6.45) is 3.23. The fourth-order valence-electron chi connectivity index (χ4n) is 2.81. The van der Waals surface area contributed by atoms with Crippen LogP contribution in [0.1, 0.15) is 47.7 Å². The molecule has 100 valence electrons. The summed E-state index contributed by atoms with van der Waals surface area (Å²) >= 11 is 0. The van der Waals surface area contributed by atoms with Gasteiger partial charge in [0.15, 0.2) is 0 Å². The number of hydrogen-bond donors (Lipinski definition) is 2. The molecule has 0 aliphatic carbocycles. The predicted octanol–water partition coefficient (Wildman–Crippen LogP) is 3.06. The highest BCUT2D eigenvalue weighted by Crippen LogP contribution is 2.25. The standard InChI is InChI=1S/C16H21N3/c1-3-6-14-11(2)18-16(19-14)15-9-12-7-4-5-8-13(12)10-17-15/h4-5,7-8,15,17H,3,6,9-10H2,1-2H3,(H,18,19)/t15-/m0/s1. The van der Waals surface area contributed by atoms with Crippen molar-refractivity contribution in [1.82, 2.24) is 15.3 Å². The van der Waals surface area contributed by atoms with Crippen molar-refractivity contribution in [3.05, 3.63) is 52.6 Å². The minimum absolute atomic E-state index is 0.319. The van der Waals surface area contributed by atoms with E-state index in [0.717, 1.165) is 31.6 Å². The highest BCUT2D eigenvalue weighted by atomic mass is 15.0. The number of hydrogen-bond acceptors (Lipinski definition) is 2. The number of H-pyrrole nitrogens is 1. The molecule has 0 amide bonds. The minimum atomic E-state index is 0.319. The molecule has 0 saturated carbocycles. The molecule has 3 nitrogen and oxygen atoms in total. The average Bonchev–Trinajstić information content (AvgIpc) is 2.80. The van der Waals surface area contributed by atoms with Crippen molar-refractivity contribution in [3.63, 3.8) is 0 Å². The highest BCUT2D eigenvalue weighted by Gasteiger charge is 2.22. The maximum Gasteiger partial charge on any atom is 0.124 e. The lowest BCUT2D eigenvalue weighted by Crippen LogP contribution is -2.29. The smallest absolute Gasteiger partial charge is 0.124 e. The van der Waals surface area contributed by atoms with Crippen LogP contribution < -0.4 is 5.32 Å². The van der Waals surface area contributed by atoms with Gasteiger partial charge in [-0.05, 0) is 30.9 Å². The molecule has 0 spiro atoms. The van der Waals surface area contributed by atoms with Crippen LogP contribution >= 0.6 is 0 Å². The van der Waals surface area contributed by atoms with Crippen LogP contribution in [0, 0.1) is 6.92 Å². The molecule has 1 aliphatic heterocycles. The molecule has 2 aromatic rings. The van der Waals surface area contributed by atoms with Gasteiger partial charge in [-0.1, -0.05) is 37.6 Å². The van der Waals surface area contributed by atoms with Gasteiger partial charge in [-0.15, -0.1) is 0 Å². The molecule has 2 N–H and O–H groups in total. The summed E-state index contributed by atoms with van der Waals surface area (Å²) in [5.74, 6) is 1.09. The summed E-state index contributed by atoms with van der Waals surface area (Å²) < 4.78 is 0. The molecule has 1 aliphatic rings. The van der Waals surface area contributed by atoms with Gasteiger partial charge in [-0.3, -0.25) is 0 Å². The lowest BCUT2D eigenvalue weighted by Gasteiger charge is -2.24. The molecule has 3 heteroatoms. The molecule has 3 rings (SSSR count). The maximum absolute atomic E-state index is 4.78. The van der Waals surface area contributed by atoms with Gasteiger partial charge in [-0.2, -0.15) is 0 Å². The van der Waals surface area contributed by atoms with E-state index in [-0.39, 0.29) is 0 Å². The van der Waals surface area contributed by atoms with Crippen molar-refractivity contribution in [1.29, 1.82) is 0 Å². The first-order valence-electron chi connectivity index (χ1n) is 7.13. The van der Waals surface area contributed by atoms with Gasteiger partial charge in [0.1, 0.15) is 5.82 Å². The van der Waals surface area contributed by atoms with E-state index in [1.165, 1.54) is 22.5 Å². The van der Waals surface area contributed by atoms with E-state index >= 15 is 0 Å². The maximum atomic E-state index is 4.78. The number of fused-ring (bicyclic) bond motifs is 1. The molecule has 0 bridgehead atoms. The van der Waals surface area contributed by atoms with E-state index in [1.807, 2.05) is 0 Å². The second-order valence-electron chi connectivity index (χ2n) is 5.35. The van der Waals surface area contributed by atoms with Crippen LogP contribution in [0.5, 0.6) is 0 Å². The fraction of sp³-hybridized carbons (Fsp3) is 0.438. The number of nitrogens with zero attached hydrogens (tertiary/aromatic N) is 1. The van der Waals surface area contributed by atoms with E-state index in [9.17, 15) is 0 Å². The zero-order valence-electron chi connectivity index (χ0n) is 11.7. The summed E-state index contributed by atoms with van der Waals surface area (Å²) in [7, 11) is 0. The van der Waals surface area contributed by atoms with Crippen molar-refractivity contribution in [2.45, 2.75) is 45.7 Å². The van der Waals surface area contributed by atoms with Crippen molar-refractivity contribution in [2.24, 2.45) is 0 Å². The lowest BCUT2D eigenvalue weighted by molar-refractivity contribution is 0.479. The van der Waals surface area contributed by atoms with Gasteiger partial charge in [0.2, 0.25) is 0 Å². The number of aromatic amines is 1. The SMILES string of the molecule is CCCc1nc([C@@H]2Cc3ccccc3CN2)[nH]c1C. The Balaban J connectivity index is 1.83. The normalized spacial score (nSPS) is 18.3. The zero-order valence-corrected chi connectivity index (χ0v) is 11.7. The molecule has 1 aromatic heterocycles. The van der Waals surface area contributed by atoms with E-state index < -0.39 is 0 Å².